The van der Waals surface area contributed by atoms with Crippen LogP contribution in [0.25, 0.3) is 11.8 Å². The Balaban J connectivity index is 1.35. The number of nitrogens with one attached hydrogen (secondary N) is 1. The molecule has 1 saturated carbocycles. The van der Waals surface area contributed by atoms with Crippen molar-refractivity contribution in [3.8, 4) is 5.75 Å². The molecule has 4 aliphatic heterocycles. The zero-order valence-electron chi connectivity index (χ0n) is 27.7. The van der Waals surface area contributed by atoms with Crippen molar-refractivity contribution in [2.24, 2.45) is 5.92 Å². The third-order valence-electron chi connectivity index (χ3n) is 11.0. The summed E-state index contributed by atoms with van der Waals surface area (Å²) < 4.78 is 34.2. The van der Waals surface area contributed by atoms with Crippen LogP contribution in [0.2, 0.25) is 0 Å². The van der Waals surface area contributed by atoms with E-state index in [1.807, 2.05) is 35.2 Å². The first-order valence-electron chi connectivity index (χ1n) is 16.8. The van der Waals surface area contributed by atoms with E-state index in [1.54, 1.807) is 13.2 Å². The summed E-state index contributed by atoms with van der Waals surface area (Å²) in [4.78, 5) is 34.4. The van der Waals surface area contributed by atoms with E-state index in [4.69, 9.17) is 4.74 Å². The number of ether oxygens (including phenoxy) is 1. The van der Waals surface area contributed by atoms with Gasteiger partial charge in [0.1, 0.15) is 5.75 Å². The second-order valence-corrected chi connectivity index (χ2v) is 15.8. The van der Waals surface area contributed by atoms with E-state index >= 15 is 0 Å². The van der Waals surface area contributed by atoms with Crippen LogP contribution in [0.4, 0.5) is 5.69 Å². The average molecular weight is 660 g/mol. The molecular weight excluding hydrogens is 614 g/mol. The van der Waals surface area contributed by atoms with E-state index in [0.717, 1.165) is 58.1 Å². The van der Waals surface area contributed by atoms with Gasteiger partial charge in [-0.3, -0.25) is 14.5 Å². The van der Waals surface area contributed by atoms with Crippen molar-refractivity contribution in [1.82, 2.24) is 18.8 Å². The summed E-state index contributed by atoms with van der Waals surface area (Å²) in [5.74, 6) is 0.594. The molecule has 11 heteroatoms. The number of methoxy groups -OCH3 is 1. The zero-order valence-corrected chi connectivity index (χ0v) is 28.6. The Kier molecular flexibility index (Phi) is 8.42. The minimum absolute atomic E-state index is 0.0232. The second-order valence-electron chi connectivity index (χ2n) is 13.9. The van der Waals surface area contributed by atoms with Crippen LogP contribution >= 0.6 is 0 Å². The molecule has 1 aliphatic carbocycles. The minimum atomic E-state index is -3.98. The smallest absolute Gasteiger partial charge is 0.303 e. The number of anilines is 1. The highest BCUT2D eigenvalue weighted by Gasteiger charge is 2.41. The minimum Gasteiger partial charge on any atom is -0.496 e. The summed E-state index contributed by atoms with van der Waals surface area (Å²) in [6.45, 7) is 1.72. The topological polar surface area (TPSA) is 102 Å². The Morgan fingerprint density at radius 1 is 0.979 bits per heavy atom. The van der Waals surface area contributed by atoms with Gasteiger partial charge in [-0.2, -0.15) is 12.7 Å². The average Bonchev–Trinajstić information content (AvgIpc) is 3.22. The molecule has 2 amide bonds. The molecule has 5 aliphatic rings. The van der Waals surface area contributed by atoms with Crippen LogP contribution in [-0.4, -0.2) is 94.3 Å². The molecule has 0 radical (unpaired) electrons. The van der Waals surface area contributed by atoms with E-state index in [1.165, 1.54) is 33.4 Å². The first-order valence-corrected chi connectivity index (χ1v) is 18.3. The van der Waals surface area contributed by atoms with Gasteiger partial charge >= 0.3 is 10.2 Å². The molecule has 2 saturated heterocycles. The van der Waals surface area contributed by atoms with Gasteiger partial charge in [0.2, 0.25) is 0 Å². The lowest BCUT2D eigenvalue weighted by Crippen LogP contribution is -2.54. The van der Waals surface area contributed by atoms with E-state index in [0.29, 0.717) is 49.0 Å². The summed E-state index contributed by atoms with van der Waals surface area (Å²) in [7, 11) is 2.61. The summed E-state index contributed by atoms with van der Waals surface area (Å²) >= 11 is 0. The molecule has 3 unspecified atom stereocenters. The maximum Gasteiger partial charge on any atom is 0.303 e. The van der Waals surface area contributed by atoms with Crippen molar-refractivity contribution in [1.29, 1.82) is 0 Å². The van der Waals surface area contributed by atoms with Crippen molar-refractivity contribution in [3.05, 3.63) is 70.3 Å². The number of likely N-dealkylation sites (tertiary alicyclic amines) is 1. The lowest BCUT2D eigenvalue weighted by molar-refractivity contribution is -0.130. The molecule has 3 fully saturated rings. The Hall–Kier alpha value is -3.67. The van der Waals surface area contributed by atoms with Gasteiger partial charge in [0.25, 0.3) is 11.8 Å². The number of rotatable bonds is 6. The number of carbonyl (C=O) groups excluding carboxylic acids is 2. The fraction of sp³-hybridized carbons (Fsp3) is 0.500. The van der Waals surface area contributed by atoms with Gasteiger partial charge in [0.15, 0.2) is 0 Å². The normalized spacial score (nSPS) is 24.5. The number of fused-ring (bicyclic) bond motifs is 7. The third kappa shape index (κ3) is 5.76. The lowest BCUT2D eigenvalue weighted by atomic mass is 9.74. The molecule has 2 bridgehead atoms. The number of amides is 2. The number of allylic oxidation sites excluding steroid dienone is 1. The van der Waals surface area contributed by atoms with Gasteiger partial charge < -0.3 is 14.5 Å². The predicted molar refractivity (Wildman–Crippen MR) is 183 cm³/mol. The first-order chi connectivity index (χ1) is 22.6. The van der Waals surface area contributed by atoms with Crippen LogP contribution in [0.15, 0.2) is 48.0 Å². The van der Waals surface area contributed by atoms with Crippen molar-refractivity contribution < 1.29 is 22.7 Å². The van der Waals surface area contributed by atoms with Crippen LogP contribution in [0, 0.1) is 5.92 Å². The van der Waals surface area contributed by atoms with E-state index in [9.17, 15) is 18.0 Å². The third-order valence-corrected chi connectivity index (χ3v) is 12.5. The number of nitrogens with zero attached hydrogens (tertiary/aromatic N) is 4. The van der Waals surface area contributed by atoms with E-state index < -0.39 is 16.1 Å². The highest BCUT2D eigenvalue weighted by Crippen LogP contribution is 2.49. The van der Waals surface area contributed by atoms with E-state index in [2.05, 4.69) is 33.7 Å². The molecule has 250 valence electrons. The maximum absolute atomic E-state index is 14.5. The van der Waals surface area contributed by atoms with Crippen molar-refractivity contribution >= 4 is 39.5 Å². The first kappa shape index (κ1) is 31.9. The van der Waals surface area contributed by atoms with Crippen LogP contribution in [-0.2, 0) is 15.0 Å². The van der Waals surface area contributed by atoms with Crippen molar-refractivity contribution in [2.75, 3.05) is 52.8 Å². The van der Waals surface area contributed by atoms with E-state index in [-0.39, 0.29) is 17.4 Å². The van der Waals surface area contributed by atoms with Gasteiger partial charge in [-0.15, -0.1) is 0 Å². The zero-order chi connectivity index (χ0) is 33.0. The number of piperazine rings is 1. The highest BCUT2D eigenvalue weighted by molar-refractivity contribution is 7.87. The molecule has 47 heavy (non-hydrogen) atoms. The Labute approximate surface area is 278 Å². The molecule has 7 rings (SSSR count). The molecular formula is C36H45N5O5S. The molecule has 0 aromatic heterocycles. The number of carbonyl (C=O) groups is 2. The van der Waals surface area contributed by atoms with Gasteiger partial charge in [0, 0.05) is 78.8 Å². The van der Waals surface area contributed by atoms with Gasteiger partial charge in [-0.1, -0.05) is 43.5 Å². The summed E-state index contributed by atoms with van der Waals surface area (Å²) in [6.07, 6.45) is 12.4. The summed E-state index contributed by atoms with van der Waals surface area (Å²) in [5, 5.41) is 0. The molecule has 3 atom stereocenters. The fourth-order valence-corrected chi connectivity index (χ4v) is 8.87. The van der Waals surface area contributed by atoms with Crippen LogP contribution in [0.5, 0.6) is 5.75 Å². The van der Waals surface area contributed by atoms with Crippen LogP contribution in [0.3, 0.4) is 0 Å². The fourth-order valence-electron chi connectivity index (χ4n) is 8.33. The number of likely N-dealkylation sites (N-methyl/N-ethyl adjacent to an activating group) is 1. The Morgan fingerprint density at radius 2 is 1.70 bits per heavy atom. The van der Waals surface area contributed by atoms with Crippen molar-refractivity contribution in [2.45, 2.75) is 62.9 Å². The maximum atomic E-state index is 14.5. The Bertz CT molecular complexity index is 1750. The molecule has 2 aromatic carbocycles. The monoisotopic (exact) mass is 659 g/mol. The lowest BCUT2D eigenvalue weighted by Gasteiger charge is -2.41. The second kappa shape index (κ2) is 12.4. The standard InChI is InChI=1S/C36H45N5O5S/c1-38(2)47(44,45)37-35(42)24-13-16-29-30(23-9-6-5-7-10-23)19-33-28-11-8-12-34(46-4)31(28)17-25(20-41(33)32(29)18-24)36(43)40-21-26-14-15-27(22-40)39(26)3/h8,11-13,16-19,23,26-27,30H,5-7,9-10,14-15,20-22H2,1-4H3,(H,37,42). The number of benzene rings is 2. The quantitative estimate of drug-likeness (QED) is 0.489. The van der Waals surface area contributed by atoms with Crippen LogP contribution < -0.4 is 14.4 Å². The van der Waals surface area contributed by atoms with Gasteiger partial charge in [0.05, 0.1) is 13.7 Å². The highest BCUT2D eigenvalue weighted by atomic mass is 32.2. The number of hydrogen-bond acceptors (Lipinski definition) is 7. The van der Waals surface area contributed by atoms with Crippen LogP contribution in [0.1, 0.15) is 77.9 Å². The summed E-state index contributed by atoms with van der Waals surface area (Å²) in [6, 6.07) is 12.3. The number of hydrogen-bond donors (Lipinski definition) is 1. The van der Waals surface area contributed by atoms with Gasteiger partial charge in [-0.05, 0) is 68.5 Å². The molecule has 4 heterocycles. The molecule has 1 N–H and O–H groups in total. The molecule has 10 nitrogen and oxygen atoms in total. The SMILES string of the molecule is COc1cccc2c1C=C(C(=O)N1CC3CCC(C1)N3C)CN1C2=CC(C2CCCCC2)c2ccc(C(=O)NS(=O)(=O)N(C)C)cc21. The van der Waals surface area contributed by atoms with Gasteiger partial charge in [-0.25, -0.2) is 4.72 Å². The predicted octanol–water partition coefficient (Wildman–Crippen LogP) is 4.46. The molecule has 2 aromatic rings. The largest absolute Gasteiger partial charge is 0.496 e. The molecule has 0 spiro atoms. The summed E-state index contributed by atoms with van der Waals surface area (Å²) in [5.41, 5.74) is 5.68. The van der Waals surface area contributed by atoms with Crippen molar-refractivity contribution in [3.63, 3.8) is 0 Å². The Morgan fingerprint density at radius 3 is 2.38 bits per heavy atom.